The van der Waals surface area contributed by atoms with Gasteiger partial charge in [-0.3, -0.25) is 9.80 Å². The molecule has 0 radical (unpaired) electrons. The molecule has 206 valence electrons. The van der Waals surface area contributed by atoms with Crippen LogP contribution in [0.25, 0.3) is 0 Å². The van der Waals surface area contributed by atoms with Crippen molar-refractivity contribution in [3.63, 3.8) is 0 Å². The Hall–Kier alpha value is 0.370. The van der Waals surface area contributed by atoms with E-state index >= 15 is 0 Å². The summed E-state index contributed by atoms with van der Waals surface area (Å²) in [5.41, 5.74) is 2.70. The lowest BCUT2D eigenvalue weighted by molar-refractivity contribution is 0.127. The predicted octanol–water partition coefficient (Wildman–Crippen LogP) is 6.65. The molecule has 2 aliphatic rings. The molecule has 0 aliphatic carbocycles. The van der Waals surface area contributed by atoms with E-state index in [-0.39, 0.29) is 49.6 Å². The maximum atomic E-state index is 5.99. The highest BCUT2D eigenvalue weighted by Crippen LogP contribution is 2.18. The van der Waals surface area contributed by atoms with Gasteiger partial charge in [-0.25, -0.2) is 4.31 Å². The van der Waals surface area contributed by atoms with E-state index in [2.05, 4.69) is 43.3 Å². The number of piperazine rings is 2. The summed E-state index contributed by atoms with van der Waals surface area (Å²) in [4.78, 5) is 7.73. The summed E-state index contributed by atoms with van der Waals surface area (Å²) in [6, 6.07) is 16.5. The summed E-state index contributed by atoms with van der Waals surface area (Å²) < 4.78 is 2.56. The molecule has 0 atom stereocenters. The Kier molecular flexibility index (Phi) is 19.6. The summed E-state index contributed by atoms with van der Waals surface area (Å²) in [6.45, 7) is 12.6. The van der Waals surface area contributed by atoms with Gasteiger partial charge >= 0.3 is 0 Å². The van der Waals surface area contributed by atoms with Gasteiger partial charge in [0, 0.05) is 81.2 Å². The highest BCUT2D eigenvalue weighted by atomic mass is 35.5. The van der Waals surface area contributed by atoms with E-state index in [4.69, 9.17) is 23.2 Å². The second-order valence-corrected chi connectivity index (χ2v) is 10.8. The van der Waals surface area contributed by atoms with E-state index in [1.165, 1.54) is 42.9 Å². The SMILES string of the molecule is Cl.Cl.Cl.Cl.Clc1ccc(CN2CCN(CCCSN3CCN(Cc4ccc(Cl)cc4)CC3)CC2)cc1. The molecule has 0 aromatic heterocycles. The molecule has 2 aromatic rings. The van der Waals surface area contributed by atoms with Crippen LogP contribution in [0.2, 0.25) is 10.0 Å². The van der Waals surface area contributed by atoms with E-state index in [0.717, 1.165) is 62.4 Å². The highest BCUT2D eigenvalue weighted by Gasteiger charge is 2.19. The summed E-state index contributed by atoms with van der Waals surface area (Å²) in [6.07, 6.45) is 1.27. The lowest BCUT2D eigenvalue weighted by atomic mass is 10.2. The fraction of sp³-hybridized carbons (Fsp3) is 0.520. The van der Waals surface area contributed by atoms with Gasteiger partial charge in [0.15, 0.2) is 0 Å². The Bertz CT molecular complexity index is 745. The van der Waals surface area contributed by atoms with E-state index in [0.29, 0.717) is 0 Å². The van der Waals surface area contributed by atoms with Crippen molar-refractivity contribution in [2.75, 3.05) is 64.7 Å². The number of benzene rings is 2. The largest absolute Gasteiger partial charge is 0.301 e. The smallest absolute Gasteiger partial charge is 0.0406 e. The van der Waals surface area contributed by atoms with Crippen LogP contribution in [0.4, 0.5) is 0 Å². The average molecular weight is 639 g/mol. The average Bonchev–Trinajstić information content (AvgIpc) is 2.82. The van der Waals surface area contributed by atoms with Crippen molar-refractivity contribution >= 4 is 84.8 Å². The lowest BCUT2D eigenvalue weighted by Gasteiger charge is -2.35. The van der Waals surface area contributed by atoms with Crippen molar-refractivity contribution in [2.45, 2.75) is 19.5 Å². The summed E-state index contributed by atoms with van der Waals surface area (Å²) in [5, 5.41) is 1.63. The minimum absolute atomic E-state index is 0. The Morgan fingerprint density at radius 1 is 0.556 bits per heavy atom. The fourth-order valence-electron chi connectivity index (χ4n) is 4.37. The predicted molar refractivity (Wildman–Crippen MR) is 168 cm³/mol. The van der Waals surface area contributed by atoms with E-state index in [1.807, 2.05) is 36.2 Å². The van der Waals surface area contributed by atoms with Crippen molar-refractivity contribution in [1.29, 1.82) is 0 Å². The maximum Gasteiger partial charge on any atom is 0.0406 e. The van der Waals surface area contributed by atoms with Crippen LogP contribution < -0.4 is 0 Å². The molecule has 0 bridgehead atoms. The highest BCUT2D eigenvalue weighted by molar-refractivity contribution is 7.97. The normalized spacial score (nSPS) is 17.3. The van der Waals surface area contributed by atoms with Gasteiger partial charge in [-0.1, -0.05) is 59.4 Å². The molecule has 2 aliphatic heterocycles. The molecular weight excluding hydrogens is 601 g/mol. The molecule has 0 spiro atoms. The number of halogens is 6. The molecule has 0 saturated carbocycles. The van der Waals surface area contributed by atoms with Crippen molar-refractivity contribution in [3.05, 3.63) is 69.7 Å². The summed E-state index contributed by atoms with van der Waals surface area (Å²) in [5.74, 6) is 1.22. The van der Waals surface area contributed by atoms with Crippen LogP contribution >= 0.6 is 84.8 Å². The molecule has 4 nitrogen and oxygen atoms in total. The zero-order chi connectivity index (χ0) is 22.2. The third kappa shape index (κ3) is 12.5. The monoisotopic (exact) mass is 636 g/mol. The third-order valence-electron chi connectivity index (χ3n) is 6.33. The number of hydrogen-bond donors (Lipinski definition) is 0. The Labute approximate surface area is 256 Å². The fourth-order valence-corrected chi connectivity index (χ4v) is 5.56. The van der Waals surface area contributed by atoms with Crippen molar-refractivity contribution in [1.82, 2.24) is 19.0 Å². The molecule has 2 saturated heterocycles. The Morgan fingerprint density at radius 3 is 1.39 bits per heavy atom. The third-order valence-corrected chi connectivity index (χ3v) is 8.03. The Balaban J connectivity index is 0.00000306. The van der Waals surface area contributed by atoms with Crippen LogP contribution in [0.1, 0.15) is 17.5 Å². The van der Waals surface area contributed by atoms with Crippen LogP contribution in [-0.2, 0) is 13.1 Å². The number of hydrogen-bond acceptors (Lipinski definition) is 5. The van der Waals surface area contributed by atoms with Gasteiger partial charge in [-0.15, -0.1) is 49.6 Å². The molecule has 0 N–H and O–H groups in total. The van der Waals surface area contributed by atoms with E-state index < -0.39 is 0 Å². The number of nitrogens with zero attached hydrogens (tertiary/aromatic N) is 4. The zero-order valence-electron chi connectivity index (χ0n) is 20.4. The maximum absolute atomic E-state index is 5.99. The minimum atomic E-state index is 0. The second-order valence-electron chi connectivity index (χ2n) is 8.76. The van der Waals surface area contributed by atoms with Crippen LogP contribution in [0.3, 0.4) is 0 Å². The molecule has 4 rings (SSSR count). The van der Waals surface area contributed by atoms with E-state index in [1.54, 1.807) is 0 Å². The van der Waals surface area contributed by atoms with Crippen molar-refractivity contribution < 1.29 is 0 Å². The first-order chi connectivity index (χ1) is 15.6. The van der Waals surface area contributed by atoms with Crippen molar-refractivity contribution in [3.8, 4) is 0 Å². The first-order valence-electron chi connectivity index (χ1n) is 11.7. The van der Waals surface area contributed by atoms with Gasteiger partial charge in [0.05, 0.1) is 0 Å². The molecule has 11 heteroatoms. The Morgan fingerprint density at radius 2 is 0.944 bits per heavy atom. The quantitative estimate of drug-likeness (QED) is 0.225. The minimum Gasteiger partial charge on any atom is -0.301 e. The van der Waals surface area contributed by atoms with Gasteiger partial charge in [-0.05, 0) is 48.4 Å². The number of rotatable bonds is 9. The van der Waals surface area contributed by atoms with Gasteiger partial charge < -0.3 is 4.90 Å². The summed E-state index contributed by atoms with van der Waals surface area (Å²) >= 11 is 14.0. The topological polar surface area (TPSA) is 13.0 Å². The standard InChI is InChI=1S/C25H34Cl2N4S.4ClH/c26-24-6-2-22(3-7-24)20-29-13-11-28(12-14-29)10-1-19-32-31-17-15-30(16-18-31)21-23-4-8-25(27)9-5-23;;;;/h2-9H,1,10-21H2;4*1H. The molecule has 2 heterocycles. The van der Waals surface area contributed by atoms with Crippen LogP contribution in [0.5, 0.6) is 0 Å². The molecule has 2 aromatic carbocycles. The first kappa shape index (κ1) is 36.4. The van der Waals surface area contributed by atoms with Gasteiger partial charge in [0.1, 0.15) is 0 Å². The zero-order valence-corrected chi connectivity index (χ0v) is 26.0. The molecule has 0 unspecified atom stereocenters. The summed E-state index contributed by atoms with van der Waals surface area (Å²) in [7, 11) is 0. The van der Waals surface area contributed by atoms with Crippen LogP contribution in [0.15, 0.2) is 48.5 Å². The van der Waals surface area contributed by atoms with Gasteiger partial charge in [-0.2, -0.15) is 0 Å². The van der Waals surface area contributed by atoms with E-state index in [9.17, 15) is 0 Å². The molecule has 36 heavy (non-hydrogen) atoms. The van der Waals surface area contributed by atoms with Crippen molar-refractivity contribution in [2.24, 2.45) is 0 Å². The first-order valence-corrected chi connectivity index (χ1v) is 13.4. The van der Waals surface area contributed by atoms with Gasteiger partial charge in [0.2, 0.25) is 0 Å². The lowest BCUT2D eigenvalue weighted by Crippen LogP contribution is -2.46. The molecule has 0 amide bonds. The second kappa shape index (κ2) is 19.4. The molecule has 2 fully saturated rings. The van der Waals surface area contributed by atoms with Crippen LogP contribution in [-0.4, -0.2) is 83.7 Å². The van der Waals surface area contributed by atoms with Crippen LogP contribution in [0, 0.1) is 0 Å². The molecular formula is C25H38Cl6N4S. The van der Waals surface area contributed by atoms with Gasteiger partial charge in [0.25, 0.3) is 0 Å².